The Morgan fingerprint density at radius 1 is 1.11 bits per heavy atom. The fourth-order valence-corrected chi connectivity index (χ4v) is 4.80. The molecule has 0 radical (unpaired) electrons. The minimum atomic E-state index is -0.0492. The van der Waals surface area contributed by atoms with E-state index in [1.165, 1.54) is 0 Å². The molecule has 1 aliphatic rings. The fraction of sp³-hybridized carbons (Fsp3) is 0.464. The lowest BCUT2D eigenvalue weighted by Crippen LogP contribution is -2.43. The first-order valence-electron chi connectivity index (χ1n) is 12.8. The molecule has 1 fully saturated rings. The van der Waals surface area contributed by atoms with Crippen molar-refractivity contribution in [2.75, 3.05) is 39.3 Å². The molecule has 2 aromatic carbocycles. The molecule has 0 bridgehead atoms. The Bertz CT molecular complexity index is 1130. The molecule has 1 saturated heterocycles. The second-order valence-corrected chi connectivity index (χ2v) is 9.30. The van der Waals surface area contributed by atoms with Crippen LogP contribution in [-0.4, -0.2) is 65.9 Å². The molecule has 0 aliphatic carbocycles. The third-order valence-corrected chi connectivity index (χ3v) is 7.22. The van der Waals surface area contributed by atoms with Gasteiger partial charge in [-0.15, -0.1) is 0 Å². The predicted molar refractivity (Wildman–Crippen MR) is 138 cm³/mol. The number of benzene rings is 2. The Morgan fingerprint density at radius 3 is 2.51 bits per heavy atom. The summed E-state index contributed by atoms with van der Waals surface area (Å²) < 4.78 is 5.87. The molecular formula is C28H36N4O3. The van der Waals surface area contributed by atoms with Crippen LogP contribution in [-0.2, 0) is 4.79 Å². The first-order valence-corrected chi connectivity index (χ1v) is 12.8. The van der Waals surface area contributed by atoms with Gasteiger partial charge in [0.05, 0.1) is 0 Å². The zero-order valence-corrected chi connectivity index (χ0v) is 21.0. The zero-order chi connectivity index (χ0) is 24.8. The smallest absolute Gasteiger partial charge is 0.253 e. The number of piperidine rings is 1. The van der Waals surface area contributed by atoms with Gasteiger partial charge in [-0.1, -0.05) is 39.0 Å². The van der Waals surface area contributed by atoms with Gasteiger partial charge in [0.15, 0.2) is 5.58 Å². The summed E-state index contributed by atoms with van der Waals surface area (Å²) >= 11 is 0. The number of likely N-dealkylation sites (N-methyl/N-ethyl adjacent to an activating group) is 1. The Kier molecular flexibility index (Phi) is 8.18. The van der Waals surface area contributed by atoms with Crippen molar-refractivity contribution < 1.29 is 14.0 Å². The maximum atomic E-state index is 13.2. The van der Waals surface area contributed by atoms with Gasteiger partial charge in [-0.25, -0.2) is 4.98 Å². The molecule has 1 aliphatic heterocycles. The molecule has 7 heteroatoms. The molecule has 2 amide bonds. The number of hydrogen-bond donors (Lipinski definition) is 1. The quantitative estimate of drug-likeness (QED) is 0.494. The standard InChI is InChI=1S/C28H36N4O3/c1-4-31(5-2)18-15-29-26(33)20(3)21-13-16-32(17-14-21)28(34)23-11-12-25-24(19-23)30-27(35-25)22-9-7-6-8-10-22/h6-12,19-21H,4-5,13-18H2,1-3H3,(H,29,33). The number of nitrogens with one attached hydrogen (secondary N) is 1. The summed E-state index contributed by atoms with van der Waals surface area (Å²) in [6.07, 6.45) is 1.67. The molecule has 1 atom stereocenters. The SMILES string of the molecule is CCN(CC)CCNC(=O)C(C)C1CCN(C(=O)c2ccc3oc(-c4ccccc4)nc3c2)CC1. The molecule has 35 heavy (non-hydrogen) atoms. The van der Waals surface area contributed by atoms with Crippen LogP contribution in [0.3, 0.4) is 0 Å². The Labute approximate surface area is 207 Å². The lowest BCUT2D eigenvalue weighted by atomic mass is 9.84. The number of carbonyl (C=O) groups is 2. The number of hydrogen-bond acceptors (Lipinski definition) is 5. The van der Waals surface area contributed by atoms with Gasteiger partial charge in [-0.3, -0.25) is 9.59 Å². The average Bonchev–Trinajstić information content (AvgIpc) is 3.34. The fourth-order valence-electron chi connectivity index (χ4n) is 4.80. The van der Waals surface area contributed by atoms with Gasteiger partial charge in [-0.05, 0) is 62.2 Å². The van der Waals surface area contributed by atoms with Gasteiger partial charge in [-0.2, -0.15) is 0 Å². The Hall–Kier alpha value is -3.19. The second kappa shape index (κ2) is 11.5. The predicted octanol–water partition coefficient (Wildman–Crippen LogP) is 4.44. The summed E-state index contributed by atoms with van der Waals surface area (Å²) in [5.74, 6) is 0.916. The summed E-state index contributed by atoms with van der Waals surface area (Å²) in [6, 6.07) is 15.2. The van der Waals surface area contributed by atoms with Gasteiger partial charge in [0.25, 0.3) is 5.91 Å². The van der Waals surface area contributed by atoms with Gasteiger partial charge in [0.1, 0.15) is 5.52 Å². The summed E-state index contributed by atoms with van der Waals surface area (Å²) in [5, 5.41) is 3.09. The molecule has 4 rings (SSSR count). The van der Waals surface area contributed by atoms with Crippen molar-refractivity contribution in [3.63, 3.8) is 0 Å². The van der Waals surface area contributed by atoms with Gasteiger partial charge in [0.2, 0.25) is 11.8 Å². The lowest BCUT2D eigenvalue weighted by Gasteiger charge is -2.34. The number of likely N-dealkylation sites (tertiary alicyclic amines) is 1. The van der Waals surface area contributed by atoms with E-state index in [4.69, 9.17) is 4.42 Å². The number of oxazole rings is 1. The number of fused-ring (bicyclic) bond motifs is 1. The molecule has 0 spiro atoms. The minimum absolute atomic E-state index is 0.00550. The molecule has 3 aromatic rings. The molecule has 1 aromatic heterocycles. The molecule has 2 heterocycles. The van der Waals surface area contributed by atoms with Crippen LogP contribution in [0.4, 0.5) is 0 Å². The summed E-state index contributed by atoms with van der Waals surface area (Å²) in [7, 11) is 0. The average molecular weight is 477 g/mol. The van der Waals surface area contributed by atoms with Crippen LogP contribution in [0, 0.1) is 11.8 Å². The third-order valence-electron chi connectivity index (χ3n) is 7.22. The third kappa shape index (κ3) is 5.90. The van der Waals surface area contributed by atoms with E-state index in [0.29, 0.717) is 48.1 Å². The first-order chi connectivity index (χ1) is 17.0. The largest absolute Gasteiger partial charge is 0.436 e. The molecule has 186 valence electrons. The number of nitrogens with zero attached hydrogens (tertiary/aromatic N) is 3. The second-order valence-electron chi connectivity index (χ2n) is 9.30. The molecule has 7 nitrogen and oxygen atoms in total. The van der Waals surface area contributed by atoms with Crippen molar-refractivity contribution >= 4 is 22.9 Å². The normalized spacial score (nSPS) is 15.5. The molecule has 0 saturated carbocycles. The van der Waals surface area contributed by atoms with Crippen LogP contribution in [0.25, 0.3) is 22.6 Å². The maximum Gasteiger partial charge on any atom is 0.253 e. The highest BCUT2D eigenvalue weighted by atomic mass is 16.3. The number of aromatic nitrogens is 1. The van der Waals surface area contributed by atoms with E-state index >= 15 is 0 Å². The van der Waals surface area contributed by atoms with Gasteiger partial charge >= 0.3 is 0 Å². The summed E-state index contributed by atoms with van der Waals surface area (Å²) in [6.45, 7) is 11.1. The van der Waals surface area contributed by atoms with Crippen molar-refractivity contribution in [2.24, 2.45) is 11.8 Å². The van der Waals surface area contributed by atoms with Crippen molar-refractivity contribution in [3.05, 3.63) is 54.1 Å². The van der Waals surface area contributed by atoms with Crippen molar-refractivity contribution in [3.8, 4) is 11.5 Å². The highest BCUT2D eigenvalue weighted by Gasteiger charge is 2.30. The number of carbonyl (C=O) groups excluding carboxylic acids is 2. The molecule has 1 N–H and O–H groups in total. The van der Waals surface area contributed by atoms with Gasteiger partial charge in [0, 0.05) is 43.2 Å². The number of rotatable bonds is 9. The number of amides is 2. The van der Waals surface area contributed by atoms with Crippen LogP contribution in [0.1, 0.15) is 44.0 Å². The van der Waals surface area contributed by atoms with Crippen LogP contribution >= 0.6 is 0 Å². The van der Waals surface area contributed by atoms with E-state index in [0.717, 1.165) is 38.0 Å². The first kappa shape index (κ1) is 24.9. The topological polar surface area (TPSA) is 78.7 Å². The van der Waals surface area contributed by atoms with Crippen molar-refractivity contribution in [2.45, 2.75) is 33.6 Å². The van der Waals surface area contributed by atoms with E-state index in [9.17, 15) is 9.59 Å². The summed E-state index contributed by atoms with van der Waals surface area (Å²) in [5.41, 5.74) is 2.87. The summed E-state index contributed by atoms with van der Waals surface area (Å²) in [4.78, 5) is 34.6. The Balaban J connectivity index is 1.32. The van der Waals surface area contributed by atoms with Crippen molar-refractivity contribution in [1.29, 1.82) is 0 Å². The van der Waals surface area contributed by atoms with Crippen LogP contribution < -0.4 is 5.32 Å². The van der Waals surface area contributed by atoms with Crippen LogP contribution in [0.2, 0.25) is 0 Å². The van der Waals surface area contributed by atoms with Crippen molar-refractivity contribution in [1.82, 2.24) is 20.1 Å². The van der Waals surface area contributed by atoms with E-state index in [1.54, 1.807) is 0 Å². The monoisotopic (exact) mass is 476 g/mol. The zero-order valence-electron chi connectivity index (χ0n) is 21.0. The van der Waals surface area contributed by atoms with E-state index in [1.807, 2.05) is 60.4 Å². The molecular weight excluding hydrogens is 440 g/mol. The van der Waals surface area contributed by atoms with E-state index in [-0.39, 0.29) is 17.7 Å². The minimum Gasteiger partial charge on any atom is -0.436 e. The highest BCUT2D eigenvalue weighted by molar-refractivity contribution is 5.97. The van der Waals surface area contributed by atoms with Crippen LogP contribution in [0.15, 0.2) is 52.9 Å². The van der Waals surface area contributed by atoms with E-state index < -0.39 is 0 Å². The maximum absolute atomic E-state index is 13.2. The highest BCUT2D eigenvalue weighted by Crippen LogP contribution is 2.28. The molecule has 1 unspecified atom stereocenters. The van der Waals surface area contributed by atoms with Crippen LogP contribution in [0.5, 0.6) is 0 Å². The van der Waals surface area contributed by atoms with E-state index in [2.05, 4.69) is 29.0 Å². The van der Waals surface area contributed by atoms with Gasteiger partial charge < -0.3 is 19.5 Å². The Morgan fingerprint density at radius 2 is 1.83 bits per heavy atom. The lowest BCUT2D eigenvalue weighted by molar-refractivity contribution is -0.126.